The van der Waals surface area contributed by atoms with Crippen molar-refractivity contribution < 1.29 is 9.53 Å². The van der Waals surface area contributed by atoms with E-state index in [-0.39, 0.29) is 6.09 Å². The Morgan fingerprint density at radius 1 is 1.55 bits per heavy atom. The van der Waals surface area contributed by atoms with Gasteiger partial charge in [-0.3, -0.25) is 0 Å². The molecule has 0 aliphatic heterocycles. The fourth-order valence-electron chi connectivity index (χ4n) is 0.695. The molecule has 0 saturated carbocycles. The summed E-state index contributed by atoms with van der Waals surface area (Å²) >= 11 is 5.47. The summed E-state index contributed by atoms with van der Waals surface area (Å²) in [6, 6.07) is 0. The third-order valence-corrected chi connectivity index (χ3v) is 1.43. The number of rotatable bonds is 4. The summed E-state index contributed by atoms with van der Waals surface area (Å²) in [6.07, 6.45) is -0.282. The molecule has 0 fully saturated rings. The Kier molecular flexibility index (Phi) is 6.03. The van der Waals surface area contributed by atoms with Crippen molar-refractivity contribution in [1.82, 2.24) is 4.90 Å². The van der Waals surface area contributed by atoms with Crippen LogP contribution < -0.4 is 0 Å². The first-order valence-electron chi connectivity index (χ1n) is 3.73. The molecule has 3 nitrogen and oxygen atoms in total. The molecular formula is C7H14ClNO2. The molecule has 0 aromatic carbocycles. The lowest BCUT2D eigenvalue weighted by Crippen LogP contribution is -2.32. The van der Waals surface area contributed by atoms with E-state index < -0.39 is 0 Å². The zero-order valence-electron chi connectivity index (χ0n) is 6.97. The standard InChI is InChI=1S/C7H14ClNO2/c1-3-9(6-5-8)7(10)11-4-2/h3-6H2,1-2H3. The highest BCUT2D eigenvalue weighted by Crippen LogP contribution is 1.94. The average molecular weight is 180 g/mol. The Bertz CT molecular complexity index is 119. The van der Waals surface area contributed by atoms with Crippen molar-refractivity contribution in [2.45, 2.75) is 13.8 Å². The van der Waals surface area contributed by atoms with Gasteiger partial charge in [0, 0.05) is 19.0 Å². The molecule has 0 bridgehead atoms. The van der Waals surface area contributed by atoms with Crippen LogP contribution in [0.25, 0.3) is 0 Å². The number of hydrogen-bond donors (Lipinski definition) is 0. The van der Waals surface area contributed by atoms with E-state index in [4.69, 9.17) is 16.3 Å². The number of amides is 1. The van der Waals surface area contributed by atoms with Gasteiger partial charge in [-0.05, 0) is 13.8 Å². The van der Waals surface area contributed by atoms with Gasteiger partial charge in [0.05, 0.1) is 6.61 Å². The summed E-state index contributed by atoms with van der Waals surface area (Å²) in [7, 11) is 0. The van der Waals surface area contributed by atoms with Crippen LogP contribution in [0.4, 0.5) is 4.79 Å². The topological polar surface area (TPSA) is 29.5 Å². The first-order chi connectivity index (χ1) is 5.26. The lowest BCUT2D eigenvalue weighted by molar-refractivity contribution is 0.111. The quantitative estimate of drug-likeness (QED) is 0.615. The van der Waals surface area contributed by atoms with Crippen molar-refractivity contribution in [3.05, 3.63) is 0 Å². The highest BCUT2D eigenvalue weighted by Gasteiger charge is 2.09. The Morgan fingerprint density at radius 2 is 2.18 bits per heavy atom. The van der Waals surface area contributed by atoms with Crippen molar-refractivity contribution in [1.29, 1.82) is 0 Å². The van der Waals surface area contributed by atoms with Gasteiger partial charge in [-0.1, -0.05) is 0 Å². The minimum absolute atomic E-state index is 0.282. The molecule has 0 atom stereocenters. The summed E-state index contributed by atoms with van der Waals surface area (Å²) in [5.74, 6) is 0.451. The van der Waals surface area contributed by atoms with Gasteiger partial charge in [-0.25, -0.2) is 4.79 Å². The van der Waals surface area contributed by atoms with Crippen LogP contribution in [0.3, 0.4) is 0 Å². The molecule has 0 radical (unpaired) electrons. The van der Waals surface area contributed by atoms with Gasteiger partial charge >= 0.3 is 6.09 Å². The number of ether oxygens (including phenoxy) is 1. The van der Waals surface area contributed by atoms with E-state index in [1.165, 1.54) is 0 Å². The molecule has 0 rings (SSSR count). The van der Waals surface area contributed by atoms with Crippen LogP contribution in [0.15, 0.2) is 0 Å². The summed E-state index contributed by atoms with van der Waals surface area (Å²) < 4.78 is 4.78. The third-order valence-electron chi connectivity index (χ3n) is 1.26. The second kappa shape index (κ2) is 6.28. The lowest BCUT2D eigenvalue weighted by Gasteiger charge is -2.17. The molecule has 0 unspecified atom stereocenters. The maximum atomic E-state index is 11.0. The van der Waals surface area contributed by atoms with Crippen LogP contribution in [-0.2, 0) is 4.74 Å². The van der Waals surface area contributed by atoms with Gasteiger partial charge in [0.15, 0.2) is 0 Å². The Balaban J connectivity index is 3.71. The van der Waals surface area contributed by atoms with Crippen LogP contribution in [0.1, 0.15) is 13.8 Å². The monoisotopic (exact) mass is 179 g/mol. The highest BCUT2D eigenvalue weighted by molar-refractivity contribution is 6.18. The van der Waals surface area contributed by atoms with Gasteiger partial charge in [0.25, 0.3) is 0 Å². The highest BCUT2D eigenvalue weighted by atomic mass is 35.5. The normalized spacial score (nSPS) is 9.36. The Hall–Kier alpha value is -0.440. The molecule has 66 valence electrons. The predicted octanol–water partition coefficient (Wildman–Crippen LogP) is 1.70. The first-order valence-corrected chi connectivity index (χ1v) is 4.27. The molecule has 0 N–H and O–H groups in total. The zero-order chi connectivity index (χ0) is 8.69. The molecular weight excluding hydrogens is 166 g/mol. The van der Waals surface area contributed by atoms with E-state index in [2.05, 4.69) is 0 Å². The van der Waals surface area contributed by atoms with Crippen LogP contribution in [0.5, 0.6) is 0 Å². The molecule has 4 heteroatoms. The number of hydrogen-bond acceptors (Lipinski definition) is 2. The molecule has 11 heavy (non-hydrogen) atoms. The summed E-state index contributed by atoms with van der Waals surface area (Å²) in [6.45, 7) is 5.29. The molecule has 0 spiro atoms. The lowest BCUT2D eigenvalue weighted by atomic mass is 10.5. The molecule has 1 amide bonds. The van der Waals surface area contributed by atoms with Gasteiger partial charge < -0.3 is 9.64 Å². The SMILES string of the molecule is CCOC(=O)N(CC)CCCl. The summed E-state index contributed by atoms with van der Waals surface area (Å²) in [5, 5.41) is 0. The maximum Gasteiger partial charge on any atom is 0.409 e. The van der Waals surface area contributed by atoms with Crippen LogP contribution >= 0.6 is 11.6 Å². The van der Waals surface area contributed by atoms with Gasteiger partial charge in [-0.15, -0.1) is 11.6 Å². The van der Waals surface area contributed by atoms with Gasteiger partial charge in [0.2, 0.25) is 0 Å². The zero-order valence-corrected chi connectivity index (χ0v) is 7.73. The Labute approximate surface area is 72.3 Å². The number of carbonyl (C=O) groups is 1. The fraction of sp³-hybridized carbons (Fsp3) is 0.857. The smallest absolute Gasteiger partial charge is 0.409 e. The molecule has 0 aromatic heterocycles. The summed E-state index contributed by atoms with van der Waals surface area (Å²) in [4.78, 5) is 12.6. The van der Waals surface area contributed by atoms with Crippen LogP contribution in [0, 0.1) is 0 Å². The van der Waals surface area contributed by atoms with Crippen molar-refractivity contribution in [3.8, 4) is 0 Å². The van der Waals surface area contributed by atoms with Crippen LogP contribution in [0.2, 0.25) is 0 Å². The number of carbonyl (C=O) groups excluding carboxylic acids is 1. The molecule has 0 aliphatic rings. The fourth-order valence-corrected chi connectivity index (χ4v) is 0.899. The van der Waals surface area contributed by atoms with E-state index in [0.717, 1.165) is 0 Å². The van der Waals surface area contributed by atoms with Gasteiger partial charge in [-0.2, -0.15) is 0 Å². The number of halogens is 1. The molecule has 0 heterocycles. The van der Waals surface area contributed by atoms with Crippen molar-refractivity contribution in [3.63, 3.8) is 0 Å². The summed E-state index contributed by atoms with van der Waals surface area (Å²) in [5.41, 5.74) is 0. The van der Waals surface area contributed by atoms with Crippen molar-refractivity contribution >= 4 is 17.7 Å². The van der Waals surface area contributed by atoms with E-state index >= 15 is 0 Å². The first kappa shape index (κ1) is 10.6. The van der Waals surface area contributed by atoms with Crippen molar-refractivity contribution in [2.24, 2.45) is 0 Å². The van der Waals surface area contributed by atoms with Crippen LogP contribution in [-0.4, -0.2) is 36.6 Å². The van der Waals surface area contributed by atoms with Gasteiger partial charge in [0.1, 0.15) is 0 Å². The predicted molar refractivity (Wildman–Crippen MR) is 45.0 cm³/mol. The molecule has 0 aromatic rings. The average Bonchev–Trinajstić information content (AvgIpc) is 2.00. The van der Waals surface area contributed by atoms with E-state index in [1.54, 1.807) is 11.8 Å². The number of alkyl halides is 1. The maximum absolute atomic E-state index is 11.0. The minimum Gasteiger partial charge on any atom is -0.450 e. The van der Waals surface area contributed by atoms with E-state index in [0.29, 0.717) is 25.6 Å². The number of nitrogens with zero attached hydrogens (tertiary/aromatic N) is 1. The Morgan fingerprint density at radius 3 is 2.55 bits per heavy atom. The van der Waals surface area contributed by atoms with E-state index in [9.17, 15) is 4.79 Å². The largest absolute Gasteiger partial charge is 0.450 e. The second-order valence-electron chi connectivity index (χ2n) is 1.97. The van der Waals surface area contributed by atoms with E-state index in [1.807, 2.05) is 6.92 Å². The third kappa shape index (κ3) is 4.09. The van der Waals surface area contributed by atoms with Crippen molar-refractivity contribution in [2.75, 3.05) is 25.6 Å². The minimum atomic E-state index is -0.282. The molecule has 0 aliphatic carbocycles. The second-order valence-corrected chi connectivity index (χ2v) is 2.35. The molecule has 0 saturated heterocycles.